The van der Waals surface area contributed by atoms with Gasteiger partial charge in [0, 0.05) is 47.4 Å². The highest BCUT2D eigenvalue weighted by Crippen LogP contribution is 2.32. The number of rotatable bonds is 7. The van der Waals surface area contributed by atoms with Gasteiger partial charge in [-0.2, -0.15) is 5.10 Å². The molecule has 0 atom stereocenters. The Hall–Kier alpha value is -4.57. The fourth-order valence-electron chi connectivity index (χ4n) is 4.88. The molecule has 7 rings (SSSR count). The van der Waals surface area contributed by atoms with Crippen LogP contribution in [-0.2, 0) is 0 Å². The second kappa shape index (κ2) is 9.14. The molecule has 0 amide bonds. The van der Waals surface area contributed by atoms with Gasteiger partial charge in [-0.15, -0.1) is 0 Å². The molecule has 0 bridgehead atoms. The highest BCUT2D eigenvalue weighted by Gasteiger charge is 2.17. The molecule has 0 spiro atoms. The second-order valence-corrected chi connectivity index (χ2v) is 9.15. The molecule has 1 saturated heterocycles. The number of pyridine rings is 3. The lowest BCUT2D eigenvalue weighted by Crippen LogP contribution is -2.25. The molecule has 7 heterocycles. The van der Waals surface area contributed by atoms with Crippen molar-refractivity contribution < 1.29 is 9.15 Å². The first kappa shape index (κ1) is 21.7. The molecule has 1 aliphatic heterocycles. The molecule has 0 saturated carbocycles. The van der Waals surface area contributed by atoms with E-state index in [0.717, 1.165) is 64.2 Å². The van der Waals surface area contributed by atoms with Crippen molar-refractivity contribution in [1.29, 1.82) is 0 Å². The van der Waals surface area contributed by atoms with Crippen LogP contribution in [0.5, 0.6) is 5.75 Å². The Morgan fingerprint density at radius 1 is 0.973 bits per heavy atom. The predicted octanol–water partition coefficient (Wildman–Crippen LogP) is 4.69. The van der Waals surface area contributed by atoms with Crippen LogP contribution in [0.4, 0.5) is 0 Å². The lowest BCUT2D eigenvalue weighted by atomic mass is 10.1. The van der Waals surface area contributed by atoms with Crippen LogP contribution in [0, 0.1) is 0 Å². The Kier molecular flexibility index (Phi) is 5.36. The Morgan fingerprint density at radius 2 is 1.89 bits per heavy atom. The van der Waals surface area contributed by atoms with E-state index in [9.17, 15) is 0 Å². The summed E-state index contributed by atoms with van der Waals surface area (Å²) in [6.45, 7) is 3.90. The van der Waals surface area contributed by atoms with Crippen molar-refractivity contribution in [2.75, 3.05) is 26.2 Å². The summed E-state index contributed by atoms with van der Waals surface area (Å²) in [5.41, 5.74) is 6.55. The summed E-state index contributed by atoms with van der Waals surface area (Å²) >= 11 is 0. The third kappa shape index (κ3) is 4.11. The van der Waals surface area contributed by atoms with Crippen LogP contribution in [0.1, 0.15) is 12.8 Å². The van der Waals surface area contributed by atoms with Crippen molar-refractivity contribution in [3.8, 4) is 39.5 Å². The van der Waals surface area contributed by atoms with E-state index in [1.807, 2.05) is 30.5 Å². The number of hydrogen-bond acceptors (Lipinski definition) is 8. The maximum atomic E-state index is 6.00. The lowest BCUT2D eigenvalue weighted by molar-refractivity contribution is 0.237. The monoisotopic (exact) mass is 492 g/mol. The molecular weight excluding hydrogens is 468 g/mol. The summed E-state index contributed by atoms with van der Waals surface area (Å²) in [6, 6.07) is 7.90. The summed E-state index contributed by atoms with van der Waals surface area (Å²) in [5.74, 6) is 1.39. The standard InChI is InChI=1S/C27H24N8O2/c1-2-7-35(6-1)8-10-37-20-11-18(13-28-15-20)19-12-22-24(33-34-25(22)30-14-19)27-31-23-21(17-4-9-36-16-17)3-5-29-26(23)32-27/h3-5,9,11-16H,1-2,6-8,10H2,(H,29,31,32)(H,30,33,34). The van der Waals surface area contributed by atoms with Gasteiger partial charge in [-0.05, 0) is 50.2 Å². The van der Waals surface area contributed by atoms with Gasteiger partial charge in [0.2, 0.25) is 0 Å². The number of nitrogens with one attached hydrogen (secondary N) is 2. The molecule has 6 aromatic heterocycles. The van der Waals surface area contributed by atoms with Crippen molar-refractivity contribution in [3.05, 3.63) is 61.6 Å². The zero-order valence-corrected chi connectivity index (χ0v) is 20.0. The van der Waals surface area contributed by atoms with Gasteiger partial charge < -0.3 is 14.1 Å². The highest BCUT2D eigenvalue weighted by atomic mass is 16.5. The van der Waals surface area contributed by atoms with Crippen molar-refractivity contribution >= 4 is 22.2 Å². The summed E-state index contributed by atoms with van der Waals surface area (Å²) in [6.07, 6.45) is 13.0. The second-order valence-electron chi connectivity index (χ2n) is 9.15. The van der Waals surface area contributed by atoms with Crippen LogP contribution in [-0.4, -0.2) is 66.3 Å². The van der Waals surface area contributed by atoms with Gasteiger partial charge in [-0.25, -0.2) is 15.0 Å². The Morgan fingerprint density at radius 3 is 2.78 bits per heavy atom. The van der Waals surface area contributed by atoms with E-state index >= 15 is 0 Å². The number of aromatic amines is 2. The SMILES string of the molecule is c1cc(-c2ccoc2)c2[nH]c(-c3[nH]nc4ncc(-c5cncc(OCCN6CCCC6)c5)cc34)nc2n1. The topological polar surface area (TPSA) is 122 Å². The smallest absolute Gasteiger partial charge is 0.181 e. The van der Waals surface area contributed by atoms with Crippen LogP contribution in [0.3, 0.4) is 0 Å². The van der Waals surface area contributed by atoms with Gasteiger partial charge in [0.1, 0.15) is 18.1 Å². The number of nitrogens with zero attached hydrogens (tertiary/aromatic N) is 6. The van der Waals surface area contributed by atoms with Crippen LogP contribution < -0.4 is 4.74 Å². The largest absolute Gasteiger partial charge is 0.491 e. The van der Waals surface area contributed by atoms with E-state index in [4.69, 9.17) is 14.1 Å². The number of H-pyrrole nitrogens is 2. The number of furan rings is 1. The molecule has 0 radical (unpaired) electrons. The molecule has 0 aromatic carbocycles. The van der Waals surface area contributed by atoms with Crippen molar-refractivity contribution in [3.63, 3.8) is 0 Å². The molecule has 37 heavy (non-hydrogen) atoms. The van der Waals surface area contributed by atoms with Gasteiger partial charge in [-0.1, -0.05) is 0 Å². The summed E-state index contributed by atoms with van der Waals surface area (Å²) < 4.78 is 11.3. The first-order valence-corrected chi connectivity index (χ1v) is 12.3. The van der Waals surface area contributed by atoms with Crippen molar-refractivity contribution in [1.82, 2.24) is 40.0 Å². The van der Waals surface area contributed by atoms with Gasteiger partial charge in [0.05, 0.1) is 29.6 Å². The molecular formula is C27H24N8O2. The molecule has 10 nitrogen and oxygen atoms in total. The van der Waals surface area contributed by atoms with Crippen molar-refractivity contribution in [2.24, 2.45) is 0 Å². The number of fused-ring (bicyclic) bond motifs is 2. The maximum absolute atomic E-state index is 6.00. The third-order valence-corrected chi connectivity index (χ3v) is 6.79. The fraction of sp³-hybridized carbons (Fsp3) is 0.222. The van der Waals surface area contributed by atoms with E-state index in [1.54, 1.807) is 31.1 Å². The minimum atomic E-state index is 0.605. The van der Waals surface area contributed by atoms with Gasteiger partial charge >= 0.3 is 0 Å². The van der Waals surface area contributed by atoms with Crippen LogP contribution in [0.2, 0.25) is 0 Å². The molecule has 6 aromatic rings. The van der Waals surface area contributed by atoms with E-state index < -0.39 is 0 Å². The summed E-state index contributed by atoms with van der Waals surface area (Å²) in [4.78, 5) is 24.0. The van der Waals surface area contributed by atoms with E-state index in [-0.39, 0.29) is 0 Å². The van der Waals surface area contributed by atoms with Gasteiger partial charge in [0.25, 0.3) is 0 Å². The molecule has 1 aliphatic rings. The van der Waals surface area contributed by atoms with E-state index in [0.29, 0.717) is 23.7 Å². The van der Waals surface area contributed by atoms with Crippen molar-refractivity contribution in [2.45, 2.75) is 12.8 Å². The number of imidazole rings is 1. The first-order valence-electron chi connectivity index (χ1n) is 12.3. The normalized spacial score (nSPS) is 14.2. The Balaban J connectivity index is 1.20. The van der Waals surface area contributed by atoms with E-state index in [2.05, 4.69) is 35.0 Å². The molecule has 0 unspecified atom stereocenters. The Bertz CT molecular complexity index is 1680. The molecule has 1 fully saturated rings. The van der Waals surface area contributed by atoms with Crippen LogP contribution in [0.25, 0.3) is 56.0 Å². The first-order chi connectivity index (χ1) is 18.3. The molecule has 184 valence electrons. The summed E-state index contributed by atoms with van der Waals surface area (Å²) in [5, 5.41) is 8.33. The van der Waals surface area contributed by atoms with Crippen LogP contribution in [0.15, 0.2) is 66.0 Å². The lowest BCUT2D eigenvalue weighted by Gasteiger charge is -2.15. The zero-order chi connectivity index (χ0) is 24.6. The zero-order valence-electron chi connectivity index (χ0n) is 20.0. The highest BCUT2D eigenvalue weighted by molar-refractivity contribution is 5.95. The van der Waals surface area contributed by atoms with Gasteiger partial charge in [0.15, 0.2) is 17.1 Å². The van der Waals surface area contributed by atoms with E-state index in [1.165, 1.54) is 12.8 Å². The molecule has 0 aliphatic carbocycles. The minimum Gasteiger partial charge on any atom is -0.491 e. The van der Waals surface area contributed by atoms with Crippen LogP contribution >= 0.6 is 0 Å². The number of likely N-dealkylation sites (tertiary alicyclic amines) is 1. The average molecular weight is 493 g/mol. The minimum absolute atomic E-state index is 0.605. The maximum Gasteiger partial charge on any atom is 0.181 e. The predicted molar refractivity (Wildman–Crippen MR) is 139 cm³/mol. The average Bonchev–Trinajstić information content (AvgIpc) is 3.74. The Labute approximate surface area is 211 Å². The number of ether oxygens (including phenoxy) is 1. The fourth-order valence-corrected chi connectivity index (χ4v) is 4.88. The van der Waals surface area contributed by atoms with Gasteiger partial charge in [-0.3, -0.25) is 15.0 Å². The molecule has 2 N–H and O–H groups in total. The number of aromatic nitrogens is 7. The number of hydrogen-bond donors (Lipinski definition) is 2. The summed E-state index contributed by atoms with van der Waals surface area (Å²) in [7, 11) is 0. The molecule has 10 heteroatoms. The third-order valence-electron chi connectivity index (χ3n) is 6.79. The quantitative estimate of drug-likeness (QED) is 0.329.